The standard InChI is InChI=1S/C13H20BrNO/c1-10(6-11(2)16)8-15-9-12-4-3-5-13(14)7-12/h3-5,7,10-11,15-16H,6,8-9H2,1-2H3. The van der Waals surface area contributed by atoms with E-state index in [9.17, 15) is 5.11 Å². The van der Waals surface area contributed by atoms with Gasteiger partial charge in [0.05, 0.1) is 6.10 Å². The summed E-state index contributed by atoms with van der Waals surface area (Å²) in [6.07, 6.45) is 0.647. The number of nitrogens with one attached hydrogen (secondary N) is 1. The van der Waals surface area contributed by atoms with Crippen molar-refractivity contribution in [2.24, 2.45) is 5.92 Å². The van der Waals surface area contributed by atoms with Gasteiger partial charge in [0, 0.05) is 11.0 Å². The zero-order chi connectivity index (χ0) is 12.0. The third kappa shape index (κ3) is 5.64. The molecule has 1 rings (SSSR count). The highest BCUT2D eigenvalue weighted by atomic mass is 79.9. The number of aliphatic hydroxyl groups is 1. The molecule has 2 unspecified atom stereocenters. The van der Waals surface area contributed by atoms with Crippen LogP contribution in [-0.2, 0) is 6.54 Å². The van der Waals surface area contributed by atoms with Crippen molar-refractivity contribution in [2.75, 3.05) is 6.54 Å². The lowest BCUT2D eigenvalue weighted by molar-refractivity contribution is 0.163. The van der Waals surface area contributed by atoms with Crippen LogP contribution in [0, 0.1) is 5.92 Å². The molecule has 0 amide bonds. The second kappa shape index (κ2) is 7.05. The SMILES string of the molecule is CC(O)CC(C)CNCc1cccc(Br)c1. The van der Waals surface area contributed by atoms with E-state index in [2.05, 4.69) is 40.3 Å². The number of hydrogen-bond acceptors (Lipinski definition) is 2. The first kappa shape index (κ1) is 13.7. The summed E-state index contributed by atoms with van der Waals surface area (Å²) in [6, 6.07) is 8.29. The molecule has 0 fully saturated rings. The molecule has 1 aromatic carbocycles. The summed E-state index contributed by atoms with van der Waals surface area (Å²) < 4.78 is 1.11. The van der Waals surface area contributed by atoms with Gasteiger partial charge in [-0.1, -0.05) is 35.0 Å². The Morgan fingerprint density at radius 3 is 2.75 bits per heavy atom. The van der Waals surface area contributed by atoms with Crippen LogP contribution in [-0.4, -0.2) is 17.8 Å². The van der Waals surface area contributed by atoms with Gasteiger partial charge in [0.15, 0.2) is 0 Å². The Morgan fingerprint density at radius 2 is 2.12 bits per heavy atom. The number of rotatable bonds is 6. The van der Waals surface area contributed by atoms with Crippen LogP contribution in [0.2, 0.25) is 0 Å². The van der Waals surface area contributed by atoms with E-state index < -0.39 is 0 Å². The average Bonchev–Trinajstić information content (AvgIpc) is 2.16. The maximum atomic E-state index is 9.24. The van der Waals surface area contributed by atoms with Crippen molar-refractivity contribution in [3.8, 4) is 0 Å². The largest absolute Gasteiger partial charge is 0.393 e. The summed E-state index contributed by atoms with van der Waals surface area (Å²) in [5.41, 5.74) is 1.28. The molecular formula is C13H20BrNO. The predicted molar refractivity (Wildman–Crippen MR) is 71.3 cm³/mol. The summed E-state index contributed by atoms with van der Waals surface area (Å²) in [4.78, 5) is 0. The zero-order valence-electron chi connectivity index (χ0n) is 9.91. The molecule has 0 spiro atoms. The lowest BCUT2D eigenvalue weighted by Gasteiger charge is -2.14. The molecule has 0 saturated carbocycles. The number of benzene rings is 1. The van der Waals surface area contributed by atoms with Gasteiger partial charge in [0.25, 0.3) is 0 Å². The van der Waals surface area contributed by atoms with E-state index in [4.69, 9.17) is 0 Å². The molecule has 90 valence electrons. The Labute approximate surface area is 106 Å². The fourth-order valence-corrected chi connectivity index (χ4v) is 2.22. The Hall–Kier alpha value is -0.380. The Bertz CT molecular complexity index is 315. The van der Waals surface area contributed by atoms with E-state index in [0.29, 0.717) is 5.92 Å². The minimum Gasteiger partial charge on any atom is -0.393 e. The Balaban J connectivity index is 2.25. The average molecular weight is 286 g/mol. The van der Waals surface area contributed by atoms with Crippen molar-refractivity contribution < 1.29 is 5.11 Å². The van der Waals surface area contributed by atoms with Crippen LogP contribution < -0.4 is 5.32 Å². The first-order chi connectivity index (χ1) is 7.58. The van der Waals surface area contributed by atoms with Crippen molar-refractivity contribution in [1.29, 1.82) is 0 Å². The van der Waals surface area contributed by atoms with E-state index in [-0.39, 0.29) is 6.10 Å². The molecular weight excluding hydrogens is 266 g/mol. The van der Waals surface area contributed by atoms with Gasteiger partial charge in [-0.05, 0) is 43.5 Å². The van der Waals surface area contributed by atoms with Gasteiger partial charge >= 0.3 is 0 Å². The van der Waals surface area contributed by atoms with Gasteiger partial charge in [-0.3, -0.25) is 0 Å². The molecule has 0 aromatic heterocycles. The third-order valence-corrected chi connectivity index (χ3v) is 2.95. The predicted octanol–water partition coefficient (Wildman–Crippen LogP) is 2.95. The molecule has 2 atom stereocenters. The van der Waals surface area contributed by atoms with Crippen molar-refractivity contribution in [2.45, 2.75) is 32.9 Å². The summed E-state index contributed by atoms with van der Waals surface area (Å²) >= 11 is 3.45. The highest BCUT2D eigenvalue weighted by molar-refractivity contribution is 9.10. The molecule has 0 bridgehead atoms. The second-order valence-electron chi connectivity index (χ2n) is 4.45. The van der Waals surface area contributed by atoms with E-state index in [1.807, 2.05) is 19.1 Å². The van der Waals surface area contributed by atoms with Crippen LogP contribution >= 0.6 is 15.9 Å². The summed E-state index contributed by atoms with van der Waals surface area (Å²) in [6.45, 7) is 5.81. The zero-order valence-corrected chi connectivity index (χ0v) is 11.5. The summed E-state index contributed by atoms with van der Waals surface area (Å²) in [5.74, 6) is 0.507. The lowest BCUT2D eigenvalue weighted by Crippen LogP contribution is -2.23. The van der Waals surface area contributed by atoms with Crippen LogP contribution in [0.1, 0.15) is 25.8 Å². The smallest absolute Gasteiger partial charge is 0.0515 e. The van der Waals surface area contributed by atoms with Crippen molar-refractivity contribution in [3.63, 3.8) is 0 Å². The third-order valence-electron chi connectivity index (χ3n) is 2.45. The highest BCUT2D eigenvalue weighted by Crippen LogP contribution is 2.11. The molecule has 2 nitrogen and oxygen atoms in total. The lowest BCUT2D eigenvalue weighted by atomic mass is 10.0. The van der Waals surface area contributed by atoms with E-state index in [1.165, 1.54) is 5.56 Å². The molecule has 1 aromatic rings. The number of halogens is 1. The van der Waals surface area contributed by atoms with Crippen LogP contribution in [0.25, 0.3) is 0 Å². The highest BCUT2D eigenvalue weighted by Gasteiger charge is 2.05. The minimum absolute atomic E-state index is 0.206. The normalized spacial score (nSPS) is 14.8. The fourth-order valence-electron chi connectivity index (χ4n) is 1.78. The molecule has 0 heterocycles. The van der Waals surface area contributed by atoms with Gasteiger partial charge in [-0.15, -0.1) is 0 Å². The Morgan fingerprint density at radius 1 is 1.38 bits per heavy atom. The van der Waals surface area contributed by atoms with E-state index >= 15 is 0 Å². The van der Waals surface area contributed by atoms with Gasteiger partial charge in [-0.2, -0.15) is 0 Å². The van der Waals surface area contributed by atoms with Crippen molar-refractivity contribution in [3.05, 3.63) is 34.3 Å². The van der Waals surface area contributed by atoms with Crippen molar-refractivity contribution in [1.82, 2.24) is 5.32 Å². The molecule has 2 N–H and O–H groups in total. The molecule has 16 heavy (non-hydrogen) atoms. The topological polar surface area (TPSA) is 32.3 Å². The first-order valence-corrected chi connectivity index (χ1v) is 6.50. The first-order valence-electron chi connectivity index (χ1n) is 5.71. The van der Waals surface area contributed by atoms with E-state index in [1.54, 1.807) is 0 Å². The Kier molecular flexibility index (Phi) is 6.03. The van der Waals surface area contributed by atoms with E-state index in [0.717, 1.165) is 24.0 Å². The summed E-state index contributed by atoms with van der Waals surface area (Å²) in [5, 5.41) is 12.6. The van der Waals surface area contributed by atoms with Gasteiger partial charge in [0.1, 0.15) is 0 Å². The minimum atomic E-state index is -0.206. The van der Waals surface area contributed by atoms with Gasteiger partial charge < -0.3 is 10.4 Å². The van der Waals surface area contributed by atoms with Crippen LogP contribution in [0.15, 0.2) is 28.7 Å². The maximum absolute atomic E-state index is 9.24. The van der Waals surface area contributed by atoms with Gasteiger partial charge in [0.2, 0.25) is 0 Å². The molecule has 0 aliphatic carbocycles. The molecule has 0 saturated heterocycles. The molecule has 3 heteroatoms. The van der Waals surface area contributed by atoms with Crippen LogP contribution in [0.4, 0.5) is 0 Å². The van der Waals surface area contributed by atoms with Crippen LogP contribution in [0.3, 0.4) is 0 Å². The quantitative estimate of drug-likeness (QED) is 0.842. The molecule has 0 radical (unpaired) electrons. The fraction of sp³-hybridized carbons (Fsp3) is 0.538. The van der Waals surface area contributed by atoms with Crippen molar-refractivity contribution >= 4 is 15.9 Å². The number of hydrogen-bond donors (Lipinski definition) is 2. The molecule has 0 aliphatic heterocycles. The molecule has 0 aliphatic rings. The summed E-state index contributed by atoms with van der Waals surface area (Å²) in [7, 11) is 0. The maximum Gasteiger partial charge on any atom is 0.0515 e. The monoisotopic (exact) mass is 285 g/mol. The number of aliphatic hydroxyl groups excluding tert-OH is 1. The van der Waals surface area contributed by atoms with Crippen LogP contribution in [0.5, 0.6) is 0 Å². The van der Waals surface area contributed by atoms with Gasteiger partial charge in [-0.25, -0.2) is 0 Å². The second-order valence-corrected chi connectivity index (χ2v) is 5.37.